The molecule has 2 aliphatic heterocycles. The van der Waals surface area contributed by atoms with Crippen molar-refractivity contribution in [3.05, 3.63) is 53.2 Å². The van der Waals surface area contributed by atoms with Crippen LogP contribution in [0.1, 0.15) is 34.3 Å². The molecule has 0 aliphatic carbocycles. The van der Waals surface area contributed by atoms with Crippen molar-refractivity contribution in [3.63, 3.8) is 0 Å². The zero-order valence-electron chi connectivity index (χ0n) is 19.1. The first-order valence-electron chi connectivity index (χ1n) is 11.2. The summed E-state index contributed by atoms with van der Waals surface area (Å²) >= 11 is 0. The summed E-state index contributed by atoms with van der Waals surface area (Å²) in [6.45, 7) is 2.92. The lowest BCUT2D eigenvalue weighted by Crippen LogP contribution is -2.38. The number of nitrogens with zero attached hydrogens (tertiary/aromatic N) is 3. The van der Waals surface area contributed by atoms with Gasteiger partial charge in [-0.3, -0.25) is 4.79 Å². The van der Waals surface area contributed by atoms with Gasteiger partial charge in [-0.1, -0.05) is 12.1 Å². The lowest BCUT2D eigenvalue weighted by Gasteiger charge is -2.33. The van der Waals surface area contributed by atoms with Gasteiger partial charge in [0.05, 0.1) is 24.5 Å². The summed E-state index contributed by atoms with van der Waals surface area (Å²) in [4.78, 5) is 19.0. The molecule has 1 amide bonds. The van der Waals surface area contributed by atoms with Gasteiger partial charge in [-0.15, -0.1) is 4.40 Å². The van der Waals surface area contributed by atoms with Gasteiger partial charge in [0.25, 0.3) is 15.9 Å². The van der Waals surface area contributed by atoms with E-state index in [9.17, 15) is 13.2 Å². The zero-order valence-corrected chi connectivity index (χ0v) is 19.9. The molecular formula is C23H29N5O5S. The van der Waals surface area contributed by atoms with E-state index in [2.05, 4.69) is 19.6 Å². The molecule has 3 N–H and O–H groups in total. The second kappa shape index (κ2) is 10.4. The first-order valence-corrected chi connectivity index (χ1v) is 12.8. The monoisotopic (exact) mass is 487 g/mol. The molecule has 0 unspecified atom stereocenters. The van der Waals surface area contributed by atoms with E-state index < -0.39 is 10.0 Å². The molecular weight excluding hydrogens is 458 g/mol. The largest absolute Gasteiger partial charge is 0.492 e. The third kappa shape index (κ3) is 5.65. The summed E-state index contributed by atoms with van der Waals surface area (Å²) in [5.41, 5.74) is 7.65. The standard InChI is InChI=1S/C23H29N5O5S/c1-32-11-9-26-23(29)17-7-8-25-20(12-17)28-10-3-4-16(13-28)14-33-19-6-2-5-18-15-34(30,31)27-22(24)21(18)19/h2,5-8,12,16H,3-4,9-11,13-15H2,1H3,(H2,24,27)(H,26,29)/t16-/m0/s1. The summed E-state index contributed by atoms with van der Waals surface area (Å²) < 4.78 is 38.5. The number of amides is 1. The minimum Gasteiger partial charge on any atom is -0.492 e. The van der Waals surface area contributed by atoms with Crippen LogP contribution in [0.15, 0.2) is 40.9 Å². The highest BCUT2D eigenvalue weighted by Crippen LogP contribution is 2.29. The number of carbonyl (C=O) groups excluding carboxylic acids is 1. The zero-order chi connectivity index (χ0) is 24.1. The Balaban J connectivity index is 1.41. The van der Waals surface area contributed by atoms with Crippen molar-refractivity contribution in [1.29, 1.82) is 0 Å². The van der Waals surface area contributed by atoms with Gasteiger partial charge in [-0.25, -0.2) is 13.4 Å². The molecule has 2 aromatic rings. The predicted octanol–water partition coefficient (Wildman–Crippen LogP) is 1.30. The molecule has 1 saturated heterocycles. The number of aromatic nitrogens is 1. The Hall–Kier alpha value is -3.18. The van der Waals surface area contributed by atoms with Crippen LogP contribution in [0.3, 0.4) is 0 Å². The van der Waals surface area contributed by atoms with Crippen molar-refractivity contribution < 1.29 is 22.7 Å². The molecule has 34 heavy (non-hydrogen) atoms. The van der Waals surface area contributed by atoms with Gasteiger partial charge in [0.1, 0.15) is 17.4 Å². The molecule has 1 fully saturated rings. The number of benzene rings is 1. The van der Waals surface area contributed by atoms with Gasteiger partial charge in [0.15, 0.2) is 0 Å². The number of anilines is 1. The van der Waals surface area contributed by atoms with E-state index >= 15 is 0 Å². The van der Waals surface area contributed by atoms with Crippen LogP contribution in [0.4, 0.5) is 5.82 Å². The molecule has 0 radical (unpaired) electrons. The lowest BCUT2D eigenvalue weighted by molar-refractivity contribution is 0.0937. The Morgan fingerprint density at radius 3 is 3.00 bits per heavy atom. The Labute approximate surface area is 199 Å². The number of hydrogen-bond donors (Lipinski definition) is 2. The Kier molecular flexibility index (Phi) is 7.32. The third-order valence-corrected chi connectivity index (χ3v) is 7.01. The number of fused-ring (bicyclic) bond motifs is 1. The van der Waals surface area contributed by atoms with E-state index in [-0.39, 0.29) is 23.4 Å². The fourth-order valence-electron chi connectivity index (χ4n) is 4.25. The number of rotatable bonds is 8. The van der Waals surface area contributed by atoms with Crippen LogP contribution in [-0.2, 0) is 20.5 Å². The summed E-state index contributed by atoms with van der Waals surface area (Å²) in [7, 11) is -2.00. The number of nitrogens with one attached hydrogen (secondary N) is 1. The molecule has 2 aliphatic rings. The van der Waals surface area contributed by atoms with Gasteiger partial charge in [-0.2, -0.15) is 0 Å². The lowest BCUT2D eigenvalue weighted by atomic mass is 9.98. The van der Waals surface area contributed by atoms with E-state index in [1.54, 1.807) is 43.6 Å². The average molecular weight is 488 g/mol. The minimum atomic E-state index is -3.59. The number of sulfonamides is 1. The van der Waals surface area contributed by atoms with Crippen LogP contribution >= 0.6 is 0 Å². The van der Waals surface area contributed by atoms with Crippen LogP contribution in [0.2, 0.25) is 0 Å². The van der Waals surface area contributed by atoms with E-state index in [1.165, 1.54) is 0 Å². The average Bonchev–Trinajstić information content (AvgIpc) is 2.82. The molecule has 1 aromatic carbocycles. The smallest absolute Gasteiger partial charge is 0.259 e. The minimum absolute atomic E-state index is 0.0353. The first-order chi connectivity index (χ1) is 16.4. The van der Waals surface area contributed by atoms with E-state index in [4.69, 9.17) is 15.2 Å². The second-order valence-corrected chi connectivity index (χ2v) is 10.0. The molecule has 3 heterocycles. The van der Waals surface area contributed by atoms with Gasteiger partial charge in [0, 0.05) is 44.4 Å². The summed E-state index contributed by atoms with van der Waals surface area (Å²) in [6.07, 6.45) is 3.60. The Bertz CT molecular complexity index is 1180. The number of piperidine rings is 1. The predicted molar refractivity (Wildman–Crippen MR) is 129 cm³/mol. The fraction of sp³-hybridized carbons (Fsp3) is 0.435. The van der Waals surface area contributed by atoms with Crippen LogP contribution in [0.5, 0.6) is 5.75 Å². The number of nitrogens with two attached hydrogens (primary N) is 1. The Morgan fingerprint density at radius 1 is 1.32 bits per heavy atom. The molecule has 0 spiro atoms. The van der Waals surface area contributed by atoms with Gasteiger partial charge >= 0.3 is 0 Å². The number of carbonyl (C=O) groups is 1. The highest BCUT2D eigenvalue weighted by molar-refractivity contribution is 7.89. The number of methoxy groups -OCH3 is 1. The van der Waals surface area contributed by atoms with Crippen LogP contribution in [-0.4, -0.2) is 65.1 Å². The number of pyridine rings is 1. The molecule has 1 aromatic heterocycles. The maximum Gasteiger partial charge on any atom is 0.259 e. The molecule has 0 saturated carbocycles. The molecule has 0 bridgehead atoms. The van der Waals surface area contributed by atoms with E-state index in [0.717, 1.165) is 31.7 Å². The normalized spacial score (nSPS) is 19.1. The summed E-state index contributed by atoms with van der Waals surface area (Å²) in [5.74, 6) is 1.15. The van der Waals surface area contributed by atoms with Crippen molar-refractivity contribution in [2.45, 2.75) is 18.6 Å². The molecule has 11 heteroatoms. The molecule has 182 valence electrons. The van der Waals surface area contributed by atoms with Crippen LogP contribution in [0.25, 0.3) is 0 Å². The quantitative estimate of drug-likeness (QED) is 0.532. The van der Waals surface area contributed by atoms with E-state index in [0.29, 0.717) is 42.2 Å². The van der Waals surface area contributed by atoms with Gasteiger partial charge in [0.2, 0.25) is 0 Å². The Morgan fingerprint density at radius 2 is 2.18 bits per heavy atom. The van der Waals surface area contributed by atoms with Crippen LogP contribution in [0, 0.1) is 5.92 Å². The topological polar surface area (TPSA) is 136 Å². The SMILES string of the molecule is COCCNC(=O)c1ccnc(N2CCC[C@H](COc3cccc4c3C(N)=NS(=O)(=O)C4)C2)c1. The van der Waals surface area contributed by atoms with Gasteiger partial charge in [-0.05, 0) is 36.6 Å². The third-order valence-electron chi connectivity index (χ3n) is 5.86. The number of hydrogen-bond acceptors (Lipinski definition) is 8. The number of amidine groups is 1. The second-order valence-electron chi connectivity index (χ2n) is 8.41. The first kappa shape index (κ1) is 24.0. The van der Waals surface area contributed by atoms with Crippen molar-refractivity contribution >= 4 is 27.6 Å². The molecule has 10 nitrogen and oxygen atoms in total. The van der Waals surface area contributed by atoms with Gasteiger partial charge < -0.3 is 25.4 Å². The van der Waals surface area contributed by atoms with E-state index in [1.807, 2.05) is 0 Å². The van der Waals surface area contributed by atoms with Crippen molar-refractivity contribution in [1.82, 2.24) is 10.3 Å². The molecule has 1 atom stereocenters. The highest BCUT2D eigenvalue weighted by Gasteiger charge is 2.27. The van der Waals surface area contributed by atoms with Crippen molar-refractivity contribution in [3.8, 4) is 5.75 Å². The fourth-order valence-corrected chi connectivity index (χ4v) is 5.34. The maximum absolute atomic E-state index is 12.4. The maximum atomic E-state index is 12.4. The molecule has 4 rings (SSSR count). The summed E-state index contributed by atoms with van der Waals surface area (Å²) in [5, 5.41) is 2.82. The van der Waals surface area contributed by atoms with Crippen LogP contribution < -0.4 is 20.7 Å². The van der Waals surface area contributed by atoms with Crippen molar-refractivity contribution in [2.75, 3.05) is 44.9 Å². The van der Waals surface area contributed by atoms with Crippen molar-refractivity contribution in [2.24, 2.45) is 16.0 Å². The number of ether oxygens (including phenoxy) is 2. The highest BCUT2D eigenvalue weighted by atomic mass is 32.2. The summed E-state index contributed by atoms with van der Waals surface area (Å²) in [6, 6.07) is 8.78.